The maximum absolute atomic E-state index is 2.57. The standard InChI is InChI=1S/C14H24/c1-9-11-5-3-7-13(11)10(2)14-8-4-6-12(9)14/h9-14H,3-8H2,1-2H3. The van der Waals surface area contributed by atoms with Gasteiger partial charge in [0.25, 0.3) is 0 Å². The first-order chi connectivity index (χ1) is 6.79. The van der Waals surface area contributed by atoms with Crippen LogP contribution in [-0.2, 0) is 0 Å². The molecule has 0 radical (unpaired) electrons. The summed E-state index contributed by atoms with van der Waals surface area (Å²) in [5.41, 5.74) is 0. The zero-order chi connectivity index (χ0) is 9.71. The van der Waals surface area contributed by atoms with Crippen molar-refractivity contribution in [3.8, 4) is 0 Å². The zero-order valence-electron chi connectivity index (χ0n) is 9.71. The van der Waals surface area contributed by atoms with Crippen LogP contribution >= 0.6 is 0 Å². The van der Waals surface area contributed by atoms with Crippen molar-refractivity contribution >= 4 is 0 Å². The van der Waals surface area contributed by atoms with Crippen molar-refractivity contribution in [1.82, 2.24) is 0 Å². The summed E-state index contributed by atoms with van der Waals surface area (Å²) >= 11 is 0. The van der Waals surface area contributed by atoms with Crippen LogP contribution in [0.5, 0.6) is 0 Å². The summed E-state index contributed by atoms with van der Waals surface area (Å²) in [7, 11) is 0. The van der Waals surface area contributed by atoms with Crippen LogP contribution in [0.25, 0.3) is 0 Å². The van der Waals surface area contributed by atoms with Gasteiger partial charge in [-0.2, -0.15) is 0 Å². The van der Waals surface area contributed by atoms with Crippen molar-refractivity contribution < 1.29 is 0 Å². The maximum atomic E-state index is 2.57. The van der Waals surface area contributed by atoms with E-state index in [1.165, 1.54) is 12.8 Å². The van der Waals surface area contributed by atoms with Crippen molar-refractivity contribution in [2.45, 2.75) is 52.4 Å². The van der Waals surface area contributed by atoms with E-state index < -0.39 is 0 Å². The Balaban J connectivity index is 1.88. The molecule has 0 aliphatic heterocycles. The van der Waals surface area contributed by atoms with E-state index in [2.05, 4.69) is 13.8 Å². The first kappa shape index (κ1) is 9.24. The summed E-state index contributed by atoms with van der Waals surface area (Å²) in [6.45, 7) is 5.13. The smallest absolute Gasteiger partial charge is 0.0355 e. The second-order valence-corrected chi connectivity index (χ2v) is 6.24. The van der Waals surface area contributed by atoms with Gasteiger partial charge in [-0.15, -0.1) is 0 Å². The van der Waals surface area contributed by atoms with Gasteiger partial charge in [-0.1, -0.05) is 26.7 Å². The molecule has 3 aliphatic carbocycles. The summed E-state index contributed by atoms with van der Waals surface area (Å²) in [6.07, 6.45) is 9.28. The average molecular weight is 192 g/mol. The van der Waals surface area contributed by atoms with E-state index in [0.29, 0.717) is 0 Å². The molecular weight excluding hydrogens is 168 g/mol. The van der Waals surface area contributed by atoms with Crippen LogP contribution in [0.1, 0.15) is 52.4 Å². The van der Waals surface area contributed by atoms with Crippen LogP contribution in [0.4, 0.5) is 0 Å². The molecule has 3 aliphatic rings. The van der Waals surface area contributed by atoms with Gasteiger partial charge in [0.1, 0.15) is 0 Å². The Morgan fingerprint density at radius 2 is 0.857 bits per heavy atom. The van der Waals surface area contributed by atoms with Gasteiger partial charge in [-0.25, -0.2) is 0 Å². The SMILES string of the molecule is CC1C2CCCC2C(C)C2CCCC12. The Bertz CT molecular complexity index is 176. The predicted octanol–water partition coefficient (Wildman–Crippen LogP) is 4.10. The lowest BCUT2D eigenvalue weighted by atomic mass is 9.60. The minimum atomic E-state index is 1.06. The van der Waals surface area contributed by atoms with Crippen LogP contribution in [0.2, 0.25) is 0 Å². The van der Waals surface area contributed by atoms with Crippen molar-refractivity contribution in [1.29, 1.82) is 0 Å². The van der Waals surface area contributed by atoms with Gasteiger partial charge in [0.2, 0.25) is 0 Å². The van der Waals surface area contributed by atoms with Crippen LogP contribution in [0.3, 0.4) is 0 Å². The molecule has 0 amide bonds. The molecule has 80 valence electrons. The first-order valence-electron chi connectivity index (χ1n) is 6.79. The van der Waals surface area contributed by atoms with E-state index in [9.17, 15) is 0 Å². The van der Waals surface area contributed by atoms with E-state index in [1.807, 2.05) is 0 Å². The molecule has 0 heterocycles. The van der Waals surface area contributed by atoms with Gasteiger partial charge < -0.3 is 0 Å². The normalized spacial score (nSPS) is 57.0. The van der Waals surface area contributed by atoms with Crippen LogP contribution in [0.15, 0.2) is 0 Å². The number of fused-ring (bicyclic) bond motifs is 2. The third-order valence-corrected chi connectivity index (χ3v) is 5.95. The van der Waals surface area contributed by atoms with Gasteiger partial charge in [-0.05, 0) is 61.2 Å². The highest BCUT2D eigenvalue weighted by atomic mass is 14.5. The molecule has 3 fully saturated rings. The van der Waals surface area contributed by atoms with Gasteiger partial charge in [0.15, 0.2) is 0 Å². The van der Waals surface area contributed by atoms with E-state index in [0.717, 1.165) is 35.5 Å². The molecule has 0 aromatic carbocycles. The summed E-state index contributed by atoms with van der Waals surface area (Å²) in [5, 5.41) is 0. The highest BCUT2D eigenvalue weighted by molar-refractivity contribution is 4.98. The molecule has 4 unspecified atom stereocenters. The highest BCUT2D eigenvalue weighted by Crippen LogP contribution is 2.57. The Labute approximate surface area is 88.5 Å². The van der Waals surface area contributed by atoms with Crippen molar-refractivity contribution in [2.24, 2.45) is 35.5 Å². The summed E-state index contributed by atoms with van der Waals surface area (Å²) in [5.74, 6) is 6.58. The fourth-order valence-corrected chi connectivity index (χ4v) is 5.28. The summed E-state index contributed by atoms with van der Waals surface area (Å²) in [4.78, 5) is 0. The molecule has 0 aromatic rings. The average Bonchev–Trinajstić information content (AvgIpc) is 2.82. The molecule has 3 saturated carbocycles. The third-order valence-electron chi connectivity index (χ3n) is 5.95. The fourth-order valence-electron chi connectivity index (χ4n) is 5.28. The first-order valence-corrected chi connectivity index (χ1v) is 6.79. The molecule has 0 N–H and O–H groups in total. The Kier molecular flexibility index (Phi) is 2.15. The van der Waals surface area contributed by atoms with Crippen molar-refractivity contribution in [2.75, 3.05) is 0 Å². The topological polar surface area (TPSA) is 0 Å². The Hall–Kier alpha value is 0. The minimum absolute atomic E-state index is 1.06. The molecule has 0 nitrogen and oxygen atoms in total. The highest BCUT2D eigenvalue weighted by Gasteiger charge is 2.49. The van der Waals surface area contributed by atoms with Gasteiger partial charge >= 0.3 is 0 Å². The summed E-state index contributed by atoms with van der Waals surface area (Å²) < 4.78 is 0. The maximum Gasteiger partial charge on any atom is -0.0355 e. The monoisotopic (exact) mass is 192 g/mol. The van der Waals surface area contributed by atoms with Crippen molar-refractivity contribution in [3.05, 3.63) is 0 Å². The molecule has 0 spiro atoms. The Morgan fingerprint density at radius 1 is 0.571 bits per heavy atom. The van der Waals surface area contributed by atoms with E-state index >= 15 is 0 Å². The van der Waals surface area contributed by atoms with Crippen LogP contribution < -0.4 is 0 Å². The molecule has 0 saturated heterocycles. The Morgan fingerprint density at radius 3 is 1.14 bits per heavy atom. The van der Waals surface area contributed by atoms with E-state index in [-0.39, 0.29) is 0 Å². The lowest BCUT2D eigenvalue weighted by molar-refractivity contribution is 0.0302. The van der Waals surface area contributed by atoms with Gasteiger partial charge in [0.05, 0.1) is 0 Å². The van der Waals surface area contributed by atoms with Gasteiger partial charge in [0, 0.05) is 0 Å². The second-order valence-electron chi connectivity index (χ2n) is 6.24. The van der Waals surface area contributed by atoms with E-state index in [1.54, 1.807) is 25.7 Å². The summed E-state index contributed by atoms with van der Waals surface area (Å²) in [6, 6.07) is 0. The lowest BCUT2D eigenvalue weighted by Crippen LogP contribution is -2.39. The quantitative estimate of drug-likeness (QED) is 0.542. The number of rotatable bonds is 0. The zero-order valence-corrected chi connectivity index (χ0v) is 9.71. The molecular formula is C14H24. The lowest BCUT2D eigenvalue weighted by Gasteiger charge is -2.45. The second kappa shape index (κ2) is 3.25. The molecule has 4 atom stereocenters. The molecule has 14 heavy (non-hydrogen) atoms. The molecule has 0 bridgehead atoms. The van der Waals surface area contributed by atoms with Crippen molar-refractivity contribution in [3.63, 3.8) is 0 Å². The molecule has 3 rings (SSSR count). The minimum Gasteiger partial charge on any atom is -0.0620 e. The van der Waals surface area contributed by atoms with Gasteiger partial charge in [-0.3, -0.25) is 0 Å². The molecule has 0 heteroatoms. The molecule has 0 aromatic heterocycles. The third kappa shape index (κ3) is 1.12. The predicted molar refractivity (Wildman–Crippen MR) is 60.0 cm³/mol. The van der Waals surface area contributed by atoms with Crippen LogP contribution in [0, 0.1) is 35.5 Å². The van der Waals surface area contributed by atoms with Crippen LogP contribution in [-0.4, -0.2) is 0 Å². The fraction of sp³-hybridized carbons (Fsp3) is 1.00. The number of hydrogen-bond acceptors (Lipinski definition) is 0. The van der Waals surface area contributed by atoms with E-state index in [4.69, 9.17) is 0 Å². The number of hydrogen-bond donors (Lipinski definition) is 0. The largest absolute Gasteiger partial charge is 0.0620 e.